The van der Waals surface area contributed by atoms with Crippen molar-refractivity contribution in [3.8, 4) is 61.8 Å². The molecule has 6 heteroatoms. The highest BCUT2D eigenvalue weighted by Gasteiger charge is 2.25. The molecule has 0 atom stereocenters. The third kappa shape index (κ3) is 6.09. The maximum atomic E-state index is 11.4. The van der Waals surface area contributed by atoms with E-state index in [1.165, 1.54) is 16.3 Å². The van der Waals surface area contributed by atoms with Crippen LogP contribution in [0.15, 0.2) is 122 Å². The predicted octanol–water partition coefficient (Wildman–Crippen LogP) is 10.2. The van der Waals surface area contributed by atoms with E-state index < -0.39 is 8.07 Å². The molecule has 0 fully saturated rings. The van der Waals surface area contributed by atoms with E-state index in [1.54, 1.807) is 12.4 Å². The van der Waals surface area contributed by atoms with Crippen molar-refractivity contribution in [2.45, 2.75) is 45.8 Å². The number of fused-ring (bicyclic) bond motifs is 1. The molecule has 7 rings (SSSR count). The zero-order chi connectivity index (χ0) is 34.5. The number of pyridine rings is 2. The summed E-state index contributed by atoms with van der Waals surface area (Å²) in [6.45, 7) is 13.4. The molecule has 5 nitrogen and oxygen atoms in total. The molecule has 3 aromatic heterocycles. The first-order valence-corrected chi connectivity index (χ1v) is 20.3. The lowest BCUT2D eigenvalue weighted by atomic mass is 9.86. The zero-order valence-electron chi connectivity index (χ0n) is 29.3. The fraction of sp³-hybridized carbons (Fsp3) is 0.186. The minimum atomic E-state index is -1.69. The van der Waals surface area contributed by atoms with E-state index >= 15 is 0 Å². The predicted molar refractivity (Wildman–Crippen MR) is 207 cm³/mol. The van der Waals surface area contributed by atoms with E-state index in [9.17, 15) is 5.11 Å². The summed E-state index contributed by atoms with van der Waals surface area (Å²) in [5.41, 5.74) is 11.7. The van der Waals surface area contributed by atoms with Gasteiger partial charge in [0.05, 0.1) is 30.4 Å². The van der Waals surface area contributed by atoms with E-state index in [0.717, 1.165) is 50.1 Å². The summed E-state index contributed by atoms with van der Waals surface area (Å²) in [6.07, 6.45) is 5.56. The molecule has 1 N–H and O–H groups in total. The first-order valence-electron chi connectivity index (χ1n) is 16.8. The molecule has 0 radical (unpaired) electrons. The second-order valence-electron chi connectivity index (χ2n) is 14.9. The Morgan fingerprint density at radius 3 is 1.96 bits per heavy atom. The first-order chi connectivity index (χ1) is 23.4. The molecule has 0 unspecified atom stereocenters. The molecule has 0 aliphatic heterocycles. The van der Waals surface area contributed by atoms with Gasteiger partial charge in [0.2, 0.25) is 0 Å². The highest BCUT2D eigenvalue weighted by molar-refractivity contribution is 6.89. The quantitative estimate of drug-likeness (QED) is 0.181. The van der Waals surface area contributed by atoms with Gasteiger partial charge in [0.15, 0.2) is 0 Å². The average molecular weight is 659 g/mol. The fourth-order valence-electron chi connectivity index (χ4n) is 6.65. The standard InChI is InChI=1S/C43H42N4OSi/c1-43(2,3)36-26-44-25-35(41(36)48)42-46-40-33(19-14-20-38(40)47(42)4)31-21-30(28-15-10-8-11-16-28)22-32(23-31)37-24-34(29-17-12-9-13-18-29)39(27-45-37)49(5,6)7/h8-27H,1-7H3,(H,44,48). The highest BCUT2D eigenvalue weighted by atomic mass is 28.3. The van der Waals surface area contributed by atoms with Gasteiger partial charge in [-0.25, -0.2) is 4.98 Å². The molecule has 0 amide bonds. The number of hydrogen-bond donors (Lipinski definition) is 1. The lowest BCUT2D eigenvalue weighted by Gasteiger charge is -2.22. The number of hydrogen-bond acceptors (Lipinski definition) is 4. The zero-order valence-corrected chi connectivity index (χ0v) is 30.3. The molecular weight excluding hydrogens is 617 g/mol. The van der Waals surface area contributed by atoms with Crippen molar-refractivity contribution in [3.63, 3.8) is 0 Å². The molecule has 0 saturated heterocycles. The van der Waals surface area contributed by atoms with Gasteiger partial charge < -0.3 is 9.67 Å². The number of rotatable bonds is 6. The normalized spacial score (nSPS) is 12.1. The second-order valence-corrected chi connectivity index (χ2v) is 19.9. The maximum absolute atomic E-state index is 11.4. The van der Waals surface area contributed by atoms with Crippen LogP contribution in [-0.4, -0.2) is 32.7 Å². The molecular formula is C43H42N4OSi. The summed E-state index contributed by atoms with van der Waals surface area (Å²) in [5, 5.41) is 12.8. The Hall–Kier alpha value is -5.33. The Morgan fingerprint density at radius 2 is 1.29 bits per heavy atom. The average Bonchev–Trinajstić information content (AvgIpc) is 3.43. The summed E-state index contributed by atoms with van der Waals surface area (Å²) < 4.78 is 2.05. The molecule has 0 aliphatic carbocycles. The van der Waals surface area contributed by atoms with E-state index in [-0.39, 0.29) is 11.2 Å². The molecule has 3 heterocycles. The molecule has 0 spiro atoms. The molecule has 0 aliphatic rings. The molecule has 0 saturated carbocycles. The van der Waals surface area contributed by atoms with Gasteiger partial charge in [-0.3, -0.25) is 9.97 Å². The van der Waals surface area contributed by atoms with Crippen LogP contribution in [-0.2, 0) is 12.5 Å². The van der Waals surface area contributed by atoms with Crippen molar-refractivity contribution >= 4 is 24.3 Å². The van der Waals surface area contributed by atoms with Gasteiger partial charge in [0.25, 0.3) is 0 Å². The van der Waals surface area contributed by atoms with E-state index in [0.29, 0.717) is 11.4 Å². The minimum Gasteiger partial charge on any atom is -0.507 e. The van der Waals surface area contributed by atoms with E-state index in [4.69, 9.17) is 9.97 Å². The van der Waals surface area contributed by atoms with E-state index in [1.807, 2.05) is 17.7 Å². The maximum Gasteiger partial charge on any atom is 0.146 e. The SMILES string of the molecule is Cn1c(-c2cncc(C(C)(C)C)c2O)nc2c(-c3cc(-c4ccccc4)cc(-c4cc(-c5ccccc5)c([Si](C)(C)C)cn4)c3)cccc21. The summed E-state index contributed by atoms with van der Waals surface area (Å²) in [5.74, 6) is 0.895. The minimum absolute atomic E-state index is 0.220. The molecule has 49 heavy (non-hydrogen) atoms. The van der Waals surface area contributed by atoms with Gasteiger partial charge >= 0.3 is 0 Å². The number of aryl methyl sites for hydroxylation is 1. The number of aromatic hydroxyl groups is 1. The molecule has 244 valence electrons. The summed E-state index contributed by atoms with van der Waals surface area (Å²) >= 11 is 0. The Kier molecular flexibility index (Phi) is 8.08. The summed E-state index contributed by atoms with van der Waals surface area (Å²) in [6, 6.07) is 36.5. The van der Waals surface area contributed by atoms with Gasteiger partial charge in [0, 0.05) is 42.3 Å². The Bertz CT molecular complexity index is 2310. The molecule has 4 aromatic carbocycles. The number of aromatic nitrogens is 4. The van der Waals surface area contributed by atoms with Crippen LogP contribution in [0.1, 0.15) is 26.3 Å². The molecule has 7 aromatic rings. The van der Waals surface area contributed by atoms with Gasteiger partial charge in [-0.1, -0.05) is 113 Å². The summed E-state index contributed by atoms with van der Waals surface area (Å²) in [4.78, 5) is 14.8. The van der Waals surface area contributed by atoms with Crippen LogP contribution >= 0.6 is 0 Å². The van der Waals surface area contributed by atoms with Crippen molar-refractivity contribution < 1.29 is 5.11 Å². The smallest absolute Gasteiger partial charge is 0.146 e. The number of para-hydroxylation sites is 1. The van der Waals surface area contributed by atoms with Crippen LogP contribution in [0.3, 0.4) is 0 Å². The van der Waals surface area contributed by atoms with Crippen LogP contribution in [0.4, 0.5) is 0 Å². The first kappa shape index (κ1) is 32.2. The summed E-state index contributed by atoms with van der Waals surface area (Å²) in [7, 11) is 0.312. The van der Waals surface area contributed by atoms with Crippen molar-refractivity contribution in [2.75, 3.05) is 0 Å². The Labute approximate surface area is 290 Å². The van der Waals surface area contributed by atoms with Crippen LogP contribution < -0.4 is 5.19 Å². The lowest BCUT2D eigenvalue weighted by molar-refractivity contribution is 0.446. The van der Waals surface area contributed by atoms with Crippen LogP contribution in [0.25, 0.3) is 67.1 Å². The van der Waals surface area contributed by atoms with Gasteiger partial charge in [-0.2, -0.15) is 0 Å². The number of nitrogens with zero attached hydrogens (tertiary/aromatic N) is 4. The van der Waals surface area contributed by atoms with Crippen molar-refractivity contribution in [2.24, 2.45) is 7.05 Å². The number of benzene rings is 4. The topological polar surface area (TPSA) is 63.8 Å². The highest BCUT2D eigenvalue weighted by Crippen LogP contribution is 2.40. The largest absolute Gasteiger partial charge is 0.507 e. The van der Waals surface area contributed by atoms with Crippen LogP contribution in [0.5, 0.6) is 5.75 Å². The van der Waals surface area contributed by atoms with Crippen molar-refractivity contribution in [1.82, 2.24) is 19.5 Å². The van der Waals surface area contributed by atoms with Gasteiger partial charge in [-0.05, 0) is 68.8 Å². The third-order valence-electron chi connectivity index (χ3n) is 9.32. The third-order valence-corrected chi connectivity index (χ3v) is 11.3. The van der Waals surface area contributed by atoms with Crippen LogP contribution in [0.2, 0.25) is 19.6 Å². The van der Waals surface area contributed by atoms with Gasteiger partial charge in [0.1, 0.15) is 11.6 Å². The second kappa shape index (κ2) is 12.3. The van der Waals surface area contributed by atoms with Crippen molar-refractivity contribution in [1.29, 1.82) is 0 Å². The van der Waals surface area contributed by atoms with E-state index in [2.05, 4.69) is 149 Å². The van der Waals surface area contributed by atoms with Gasteiger partial charge in [-0.15, -0.1) is 0 Å². The Balaban J connectivity index is 1.44. The van der Waals surface area contributed by atoms with Crippen molar-refractivity contribution in [3.05, 3.63) is 127 Å². The number of imidazole rings is 1. The monoisotopic (exact) mass is 658 g/mol. The molecule has 0 bridgehead atoms. The lowest BCUT2D eigenvalue weighted by Crippen LogP contribution is -2.39. The fourth-order valence-corrected chi connectivity index (χ4v) is 8.13. The van der Waals surface area contributed by atoms with Crippen LogP contribution in [0, 0.1) is 0 Å². The Morgan fingerprint density at radius 1 is 0.633 bits per heavy atom.